The summed E-state index contributed by atoms with van der Waals surface area (Å²) >= 11 is 1.65. The molecule has 0 N–H and O–H groups in total. The second kappa shape index (κ2) is 2.14. The van der Waals surface area contributed by atoms with E-state index in [1.54, 1.807) is 11.3 Å². The highest BCUT2D eigenvalue weighted by Gasteiger charge is 1.86. The van der Waals surface area contributed by atoms with Crippen LogP contribution in [0.1, 0.15) is 10.4 Å². The standard InChI is InChI=1S/C7H7S/c1-3-7-4-6(2)8-5-7/h3-5H,1-2H2. The van der Waals surface area contributed by atoms with Crippen LogP contribution in [0.15, 0.2) is 18.0 Å². The van der Waals surface area contributed by atoms with E-state index in [0.717, 1.165) is 4.88 Å². The average molecular weight is 123 g/mol. The number of rotatable bonds is 1. The van der Waals surface area contributed by atoms with Crippen molar-refractivity contribution < 1.29 is 0 Å². The molecule has 0 nitrogen and oxygen atoms in total. The molecule has 1 heterocycles. The lowest BCUT2D eigenvalue weighted by Gasteiger charge is -1.73. The molecule has 0 bridgehead atoms. The van der Waals surface area contributed by atoms with Crippen LogP contribution in [-0.4, -0.2) is 0 Å². The summed E-state index contributed by atoms with van der Waals surface area (Å²) in [5.41, 5.74) is 1.17. The van der Waals surface area contributed by atoms with Gasteiger partial charge < -0.3 is 0 Å². The van der Waals surface area contributed by atoms with E-state index in [1.165, 1.54) is 5.56 Å². The van der Waals surface area contributed by atoms with Gasteiger partial charge in [-0.1, -0.05) is 12.7 Å². The summed E-state index contributed by atoms with van der Waals surface area (Å²) in [5.74, 6) is 0. The molecule has 1 radical (unpaired) electrons. The first-order valence-electron chi connectivity index (χ1n) is 2.36. The second-order valence-electron chi connectivity index (χ2n) is 1.55. The van der Waals surface area contributed by atoms with Gasteiger partial charge in [0.2, 0.25) is 0 Å². The maximum Gasteiger partial charge on any atom is 0.00549 e. The maximum atomic E-state index is 3.76. The zero-order valence-corrected chi connectivity index (χ0v) is 5.37. The monoisotopic (exact) mass is 123 g/mol. The highest BCUT2D eigenvalue weighted by Crippen LogP contribution is 2.12. The van der Waals surface area contributed by atoms with Crippen molar-refractivity contribution in [2.75, 3.05) is 0 Å². The first-order valence-corrected chi connectivity index (χ1v) is 3.24. The van der Waals surface area contributed by atoms with E-state index >= 15 is 0 Å². The Labute approximate surface area is 53.5 Å². The van der Waals surface area contributed by atoms with Gasteiger partial charge in [0.25, 0.3) is 0 Å². The van der Waals surface area contributed by atoms with Gasteiger partial charge in [0.15, 0.2) is 0 Å². The SMILES string of the molecule is [CH2]c1cc(C=C)cs1. The molecule has 1 heteroatoms. The summed E-state index contributed by atoms with van der Waals surface area (Å²) in [6.07, 6.45) is 1.82. The van der Waals surface area contributed by atoms with E-state index in [0.29, 0.717) is 0 Å². The summed E-state index contributed by atoms with van der Waals surface area (Å²) in [5, 5.41) is 2.04. The Balaban J connectivity index is 3.00. The molecule has 41 valence electrons. The first kappa shape index (κ1) is 5.57. The molecule has 8 heavy (non-hydrogen) atoms. The molecule has 1 rings (SSSR count). The highest BCUT2D eigenvalue weighted by atomic mass is 32.1. The maximum absolute atomic E-state index is 3.76. The first-order chi connectivity index (χ1) is 3.83. The van der Waals surface area contributed by atoms with Crippen LogP contribution in [-0.2, 0) is 0 Å². The molecule has 0 aliphatic rings. The molecule has 1 aromatic heterocycles. The predicted molar refractivity (Wildman–Crippen MR) is 38.9 cm³/mol. The Hall–Kier alpha value is -0.560. The molecule has 0 saturated heterocycles. The van der Waals surface area contributed by atoms with Crippen LogP contribution in [0, 0.1) is 6.92 Å². The van der Waals surface area contributed by atoms with Crippen molar-refractivity contribution >= 4 is 17.4 Å². The van der Waals surface area contributed by atoms with Gasteiger partial charge in [-0.3, -0.25) is 0 Å². The van der Waals surface area contributed by atoms with E-state index < -0.39 is 0 Å². The minimum Gasteiger partial charge on any atom is -0.148 e. The molecule has 0 fully saturated rings. The van der Waals surface area contributed by atoms with Gasteiger partial charge in [-0.15, -0.1) is 11.3 Å². The largest absolute Gasteiger partial charge is 0.148 e. The predicted octanol–water partition coefficient (Wildman–Crippen LogP) is 2.57. The van der Waals surface area contributed by atoms with E-state index in [4.69, 9.17) is 0 Å². The molecule has 0 spiro atoms. The van der Waals surface area contributed by atoms with Crippen LogP contribution in [0.4, 0.5) is 0 Å². The Morgan fingerprint density at radius 2 is 2.38 bits per heavy atom. The number of thiophene rings is 1. The van der Waals surface area contributed by atoms with Crippen molar-refractivity contribution in [2.45, 2.75) is 0 Å². The minimum atomic E-state index is 1.10. The summed E-state index contributed by atoms with van der Waals surface area (Å²) in [6.45, 7) is 7.38. The minimum absolute atomic E-state index is 1.10. The van der Waals surface area contributed by atoms with Gasteiger partial charge in [0, 0.05) is 4.88 Å². The molecule has 0 unspecified atom stereocenters. The van der Waals surface area contributed by atoms with Crippen LogP contribution in [0.25, 0.3) is 6.08 Å². The number of hydrogen-bond acceptors (Lipinski definition) is 1. The van der Waals surface area contributed by atoms with E-state index in [9.17, 15) is 0 Å². The molecule has 0 atom stereocenters. The lowest BCUT2D eigenvalue weighted by atomic mass is 10.3. The smallest absolute Gasteiger partial charge is 0.00549 e. The van der Waals surface area contributed by atoms with E-state index in [1.807, 2.05) is 17.5 Å². The third-order valence-electron chi connectivity index (χ3n) is 0.910. The van der Waals surface area contributed by atoms with Crippen LogP contribution < -0.4 is 0 Å². The summed E-state index contributed by atoms with van der Waals surface area (Å²) in [4.78, 5) is 1.10. The zero-order chi connectivity index (χ0) is 5.98. The molecule has 1 aromatic rings. The lowest BCUT2D eigenvalue weighted by Crippen LogP contribution is -1.54. The second-order valence-corrected chi connectivity index (χ2v) is 2.55. The molecular weight excluding hydrogens is 116 g/mol. The van der Waals surface area contributed by atoms with Crippen molar-refractivity contribution in [1.82, 2.24) is 0 Å². The van der Waals surface area contributed by atoms with Gasteiger partial charge in [-0.25, -0.2) is 0 Å². The van der Waals surface area contributed by atoms with Crippen LogP contribution >= 0.6 is 11.3 Å². The van der Waals surface area contributed by atoms with Crippen LogP contribution in [0.2, 0.25) is 0 Å². The fraction of sp³-hybridized carbons (Fsp3) is 0. The van der Waals surface area contributed by atoms with Crippen molar-refractivity contribution in [2.24, 2.45) is 0 Å². The Morgan fingerprint density at radius 1 is 1.62 bits per heavy atom. The van der Waals surface area contributed by atoms with Crippen molar-refractivity contribution in [1.29, 1.82) is 0 Å². The topological polar surface area (TPSA) is 0 Å². The highest BCUT2D eigenvalue weighted by molar-refractivity contribution is 7.10. The van der Waals surface area contributed by atoms with Gasteiger partial charge in [-0.2, -0.15) is 0 Å². The van der Waals surface area contributed by atoms with Gasteiger partial charge in [0.1, 0.15) is 0 Å². The molecular formula is C7H7S. The third kappa shape index (κ3) is 0.984. The van der Waals surface area contributed by atoms with Crippen molar-refractivity contribution in [3.8, 4) is 0 Å². The van der Waals surface area contributed by atoms with Gasteiger partial charge >= 0.3 is 0 Å². The summed E-state index contributed by atoms with van der Waals surface area (Å²) in [7, 11) is 0. The van der Waals surface area contributed by atoms with E-state index in [-0.39, 0.29) is 0 Å². The molecule has 0 aromatic carbocycles. The zero-order valence-electron chi connectivity index (χ0n) is 4.55. The fourth-order valence-corrected chi connectivity index (χ4v) is 1.16. The Morgan fingerprint density at radius 3 is 2.62 bits per heavy atom. The number of hydrogen-bond donors (Lipinski definition) is 0. The van der Waals surface area contributed by atoms with Crippen LogP contribution in [0.5, 0.6) is 0 Å². The quantitative estimate of drug-likeness (QED) is 0.538. The van der Waals surface area contributed by atoms with Gasteiger partial charge in [0.05, 0.1) is 0 Å². The van der Waals surface area contributed by atoms with Crippen molar-refractivity contribution in [3.05, 3.63) is 35.4 Å². The third-order valence-corrected chi connectivity index (χ3v) is 1.72. The molecule has 0 aliphatic heterocycles. The summed E-state index contributed by atoms with van der Waals surface area (Å²) < 4.78 is 0. The van der Waals surface area contributed by atoms with Crippen LogP contribution in [0.3, 0.4) is 0 Å². The normalized spacial score (nSPS) is 9.12. The molecule has 0 amide bonds. The Bertz CT molecular complexity index is 186. The van der Waals surface area contributed by atoms with Gasteiger partial charge in [-0.05, 0) is 23.9 Å². The lowest BCUT2D eigenvalue weighted by molar-refractivity contribution is 1.82. The van der Waals surface area contributed by atoms with E-state index in [2.05, 4.69) is 13.5 Å². The molecule has 0 saturated carbocycles. The average Bonchev–Trinajstić information content (AvgIpc) is 2.14. The molecule has 0 aliphatic carbocycles. The summed E-state index contributed by atoms with van der Waals surface area (Å²) in [6, 6.07) is 2.01. The van der Waals surface area contributed by atoms with Crippen molar-refractivity contribution in [3.63, 3.8) is 0 Å². The Kier molecular flexibility index (Phi) is 1.49. The fourth-order valence-electron chi connectivity index (χ4n) is 0.505.